The van der Waals surface area contributed by atoms with Crippen LogP contribution in [0.25, 0.3) is 11.2 Å². The molecule has 2 aromatic rings. The van der Waals surface area contributed by atoms with E-state index in [0.29, 0.717) is 6.04 Å². The van der Waals surface area contributed by atoms with Crippen LogP contribution < -0.4 is 0 Å². The quantitative estimate of drug-likeness (QED) is 0.858. The fourth-order valence-corrected chi connectivity index (χ4v) is 3.72. The molecule has 1 atom stereocenters. The Labute approximate surface area is 139 Å². The molecule has 4 nitrogen and oxygen atoms in total. The summed E-state index contributed by atoms with van der Waals surface area (Å²) in [6.07, 6.45) is 6.90. The number of likely N-dealkylation sites (N-methyl/N-ethyl adjacent to an activating group) is 1. The van der Waals surface area contributed by atoms with Gasteiger partial charge in [-0.25, -0.2) is 9.97 Å². The molecule has 0 bridgehead atoms. The van der Waals surface area contributed by atoms with Crippen molar-refractivity contribution in [3.05, 3.63) is 24.2 Å². The van der Waals surface area contributed by atoms with Crippen LogP contribution in [0, 0.1) is 5.41 Å². The second-order valence-corrected chi connectivity index (χ2v) is 8.00. The molecule has 0 aliphatic carbocycles. The van der Waals surface area contributed by atoms with E-state index in [1.165, 1.54) is 31.6 Å². The first-order chi connectivity index (χ1) is 11.0. The third-order valence-electron chi connectivity index (χ3n) is 4.79. The van der Waals surface area contributed by atoms with E-state index < -0.39 is 0 Å². The molecule has 2 aromatic heterocycles. The molecular weight excluding hydrogens is 284 g/mol. The van der Waals surface area contributed by atoms with Gasteiger partial charge in [-0.2, -0.15) is 0 Å². The normalized spacial score (nSPS) is 20.3. The first kappa shape index (κ1) is 16.4. The van der Waals surface area contributed by atoms with Crippen molar-refractivity contribution in [3.63, 3.8) is 0 Å². The van der Waals surface area contributed by atoms with Crippen molar-refractivity contribution in [3.8, 4) is 0 Å². The minimum atomic E-state index is 0.219. The van der Waals surface area contributed by atoms with Crippen LogP contribution in [0.2, 0.25) is 0 Å². The number of piperidine rings is 1. The Morgan fingerprint density at radius 3 is 2.83 bits per heavy atom. The highest BCUT2D eigenvalue weighted by molar-refractivity contribution is 5.71. The summed E-state index contributed by atoms with van der Waals surface area (Å²) >= 11 is 0. The molecule has 23 heavy (non-hydrogen) atoms. The molecule has 1 saturated heterocycles. The van der Waals surface area contributed by atoms with Crippen LogP contribution in [0.15, 0.2) is 18.3 Å². The third-order valence-corrected chi connectivity index (χ3v) is 4.79. The van der Waals surface area contributed by atoms with Gasteiger partial charge in [-0.3, -0.25) is 0 Å². The summed E-state index contributed by atoms with van der Waals surface area (Å²) in [5.41, 5.74) is 2.29. The highest BCUT2D eigenvalue weighted by atomic mass is 15.2. The second kappa shape index (κ2) is 6.60. The molecule has 1 fully saturated rings. The number of likely N-dealkylation sites (tertiary alicyclic amines) is 1. The van der Waals surface area contributed by atoms with Crippen molar-refractivity contribution >= 4 is 11.2 Å². The second-order valence-electron chi connectivity index (χ2n) is 8.00. The van der Waals surface area contributed by atoms with Gasteiger partial charge in [0.15, 0.2) is 5.65 Å². The monoisotopic (exact) mass is 314 g/mol. The van der Waals surface area contributed by atoms with E-state index >= 15 is 0 Å². The van der Waals surface area contributed by atoms with Gasteiger partial charge in [0.05, 0.1) is 0 Å². The van der Waals surface area contributed by atoms with Gasteiger partial charge < -0.3 is 9.47 Å². The number of aromatic nitrogens is 3. The molecule has 0 spiro atoms. The lowest BCUT2D eigenvalue weighted by molar-refractivity contribution is 0.152. The molecule has 126 valence electrons. The lowest BCUT2D eigenvalue weighted by atomic mass is 9.96. The summed E-state index contributed by atoms with van der Waals surface area (Å²) in [6.45, 7) is 12.5. The van der Waals surface area contributed by atoms with E-state index in [4.69, 9.17) is 4.98 Å². The standard InChI is InChI=1S/C19H30N4/c1-5-22-12-7-6-9-15(22)13-17-21-16-10-8-11-20-18(16)23(17)14-19(2,3)4/h8,10-11,15H,5-7,9,12-14H2,1-4H3. The molecule has 0 aromatic carbocycles. The Morgan fingerprint density at radius 1 is 1.26 bits per heavy atom. The molecule has 1 aliphatic rings. The van der Waals surface area contributed by atoms with Gasteiger partial charge >= 0.3 is 0 Å². The smallest absolute Gasteiger partial charge is 0.160 e. The molecule has 4 heteroatoms. The molecular formula is C19H30N4. The molecule has 0 saturated carbocycles. The third kappa shape index (κ3) is 3.74. The zero-order valence-electron chi connectivity index (χ0n) is 15.0. The minimum absolute atomic E-state index is 0.219. The van der Waals surface area contributed by atoms with Crippen LogP contribution in [-0.2, 0) is 13.0 Å². The highest BCUT2D eigenvalue weighted by Crippen LogP contribution is 2.25. The first-order valence-corrected chi connectivity index (χ1v) is 9.02. The van der Waals surface area contributed by atoms with Gasteiger partial charge in [0.2, 0.25) is 0 Å². The van der Waals surface area contributed by atoms with Crippen LogP contribution in [0.4, 0.5) is 0 Å². The summed E-state index contributed by atoms with van der Waals surface area (Å²) < 4.78 is 2.36. The van der Waals surface area contributed by atoms with E-state index in [2.05, 4.69) is 48.2 Å². The average molecular weight is 314 g/mol. The molecule has 0 amide bonds. The lowest BCUT2D eigenvalue weighted by Gasteiger charge is -2.35. The van der Waals surface area contributed by atoms with Crippen LogP contribution in [0.1, 0.15) is 52.8 Å². The summed E-state index contributed by atoms with van der Waals surface area (Å²) in [5, 5.41) is 0. The number of rotatable bonds is 4. The molecule has 0 N–H and O–H groups in total. The Bertz CT molecular complexity index is 653. The number of pyridine rings is 1. The largest absolute Gasteiger partial charge is 0.312 e. The van der Waals surface area contributed by atoms with E-state index in [1.54, 1.807) is 0 Å². The van der Waals surface area contributed by atoms with E-state index in [-0.39, 0.29) is 5.41 Å². The van der Waals surface area contributed by atoms with E-state index in [0.717, 1.165) is 30.7 Å². The number of imidazole rings is 1. The number of hydrogen-bond acceptors (Lipinski definition) is 3. The summed E-state index contributed by atoms with van der Waals surface area (Å²) in [7, 11) is 0. The maximum absolute atomic E-state index is 4.93. The van der Waals surface area contributed by atoms with Gasteiger partial charge in [0.1, 0.15) is 11.3 Å². The molecule has 0 radical (unpaired) electrons. The fraction of sp³-hybridized carbons (Fsp3) is 0.684. The van der Waals surface area contributed by atoms with Crippen molar-refractivity contribution in [2.75, 3.05) is 13.1 Å². The maximum Gasteiger partial charge on any atom is 0.160 e. The van der Waals surface area contributed by atoms with Crippen molar-refractivity contribution in [1.29, 1.82) is 0 Å². The highest BCUT2D eigenvalue weighted by Gasteiger charge is 2.25. The van der Waals surface area contributed by atoms with Gasteiger partial charge in [-0.15, -0.1) is 0 Å². The predicted octanol–water partition coefficient (Wildman–Crippen LogP) is 3.89. The van der Waals surface area contributed by atoms with Crippen LogP contribution >= 0.6 is 0 Å². The van der Waals surface area contributed by atoms with Crippen molar-refractivity contribution in [1.82, 2.24) is 19.4 Å². The van der Waals surface area contributed by atoms with Crippen molar-refractivity contribution in [2.45, 2.75) is 66.0 Å². The van der Waals surface area contributed by atoms with Crippen LogP contribution in [0.5, 0.6) is 0 Å². The van der Waals surface area contributed by atoms with Crippen LogP contribution in [0.3, 0.4) is 0 Å². The average Bonchev–Trinajstić information content (AvgIpc) is 2.84. The number of hydrogen-bond donors (Lipinski definition) is 0. The van der Waals surface area contributed by atoms with E-state index in [9.17, 15) is 0 Å². The predicted molar refractivity (Wildman–Crippen MR) is 95.6 cm³/mol. The van der Waals surface area contributed by atoms with Crippen molar-refractivity contribution < 1.29 is 0 Å². The topological polar surface area (TPSA) is 34.0 Å². The summed E-state index contributed by atoms with van der Waals surface area (Å²) in [4.78, 5) is 12.2. The lowest BCUT2D eigenvalue weighted by Crippen LogP contribution is -2.41. The zero-order valence-corrected chi connectivity index (χ0v) is 15.0. The summed E-state index contributed by atoms with van der Waals surface area (Å²) in [5.74, 6) is 1.21. The Hall–Kier alpha value is -1.42. The molecule has 3 heterocycles. The number of fused-ring (bicyclic) bond motifs is 1. The van der Waals surface area contributed by atoms with E-state index in [1.807, 2.05) is 12.3 Å². The fourth-order valence-electron chi connectivity index (χ4n) is 3.72. The minimum Gasteiger partial charge on any atom is -0.312 e. The number of nitrogens with zero attached hydrogens (tertiary/aromatic N) is 4. The molecule has 1 unspecified atom stereocenters. The first-order valence-electron chi connectivity index (χ1n) is 9.02. The SMILES string of the molecule is CCN1CCCCC1Cc1nc2cccnc2n1CC(C)(C)C. The Kier molecular flexibility index (Phi) is 4.72. The zero-order chi connectivity index (χ0) is 16.4. The van der Waals surface area contributed by atoms with Crippen molar-refractivity contribution in [2.24, 2.45) is 5.41 Å². The van der Waals surface area contributed by atoms with Crippen LogP contribution in [-0.4, -0.2) is 38.6 Å². The summed E-state index contributed by atoms with van der Waals surface area (Å²) in [6, 6.07) is 4.70. The molecule has 3 rings (SSSR count). The van der Waals surface area contributed by atoms with Gasteiger partial charge in [-0.05, 0) is 43.5 Å². The Morgan fingerprint density at radius 2 is 2.09 bits per heavy atom. The molecule has 1 aliphatic heterocycles. The van der Waals surface area contributed by atoms with Gasteiger partial charge in [-0.1, -0.05) is 34.1 Å². The van der Waals surface area contributed by atoms with Gasteiger partial charge in [0.25, 0.3) is 0 Å². The maximum atomic E-state index is 4.93. The Balaban J connectivity index is 1.94. The van der Waals surface area contributed by atoms with Gasteiger partial charge in [0, 0.05) is 25.2 Å².